The number of hydrogen-bond donors (Lipinski definition) is 0. The first kappa shape index (κ1) is 24.5. The topological polar surface area (TPSA) is 36.0 Å². The number of fused-ring (bicyclic) bond motifs is 3. The van der Waals surface area contributed by atoms with E-state index < -0.39 is 5.82 Å². The maximum Gasteiger partial charge on any atom is 0.257 e. The van der Waals surface area contributed by atoms with Gasteiger partial charge in [-0.15, -0.1) is 0 Å². The smallest absolute Gasteiger partial charge is 0.257 e. The van der Waals surface area contributed by atoms with Crippen LogP contribution in [0.1, 0.15) is 41.4 Å². The monoisotopic (exact) mass is 487 g/mol. The molecule has 3 aromatic carbocycles. The Morgan fingerprint density at radius 3 is 2.14 bits per heavy atom. The van der Waals surface area contributed by atoms with E-state index in [1.165, 1.54) is 34.4 Å². The molecular weight excluding hydrogens is 453 g/mol. The number of benzene rings is 3. The second-order valence-corrected chi connectivity index (χ2v) is 9.42. The lowest BCUT2D eigenvalue weighted by molar-refractivity contribution is 0.0595. The highest BCUT2D eigenvalue weighted by Gasteiger charge is 2.35. The van der Waals surface area contributed by atoms with E-state index in [-0.39, 0.29) is 11.9 Å². The van der Waals surface area contributed by atoms with Crippen LogP contribution in [0, 0.1) is 5.82 Å². The maximum absolute atomic E-state index is 14.1. The van der Waals surface area contributed by atoms with Crippen LogP contribution in [-0.2, 0) is 0 Å². The van der Waals surface area contributed by atoms with Crippen LogP contribution in [0.2, 0.25) is 0 Å². The standard InChI is InChI=1S/C30H34FN3O2/c1-3-32(4-2)19-20-36-28-14-13-22(31)21-27(28)30(35)34-17-15-33(16-18-34)29-25-11-7-5-9-23(25)24-10-6-8-12-26(24)29/h5-14,21,29H,3-4,15-20H2,1-2H3. The van der Waals surface area contributed by atoms with Crippen molar-refractivity contribution in [1.82, 2.24) is 14.7 Å². The molecular formula is C30H34FN3O2. The highest BCUT2D eigenvalue weighted by molar-refractivity contribution is 5.97. The maximum atomic E-state index is 14.1. The van der Waals surface area contributed by atoms with Gasteiger partial charge in [-0.05, 0) is 53.5 Å². The van der Waals surface area contributed by atoms with Crippen molar-refractivity contribution < 1.29 is 13.9 Å². The van der Waals surface area contributed by atoms with Gasteiger partial charge in [0, 0.05) is 32.7 Å². The van der Waals surface area contributed by atoms with Gasteiger partial charge in [-0.2, -0.15) is 0 Å². The van der Waals surface area contributed by atoms with Crippen LogP contribution in [0.4, 0.5) is 4.39 Å². The number of hydrogen-bond acceptors (Lipinski definition) is 4. The van der Waals surface area contributed by atoms with Gasteiger partial charge in [-0.25, -0.2) is 4.39 Å². The highest BCUT2D eigenvalue weighted by Crippen LogP contribution is 2.46. The van der Waals surface area contributed by atoms with Crippen LogP contribution in [0.15, 0.2) is 66.7 Å². The zero-order valence-electron chi connectivity index (χ0n) is 21.1. The molecule has 0 aromatic heterocycles. The third-order valence-corrected chi connectivity index (χ3v) is 7.50. The van der Waals surface area contributed by atoms with E-state index in [4.69, 9.17) is 4.74 Å². The number of likely N-dealkylation sites (N-methyl/N-ethyl adjacent to an activating group) is 1. The number of halogens is 1. The minimum absolute atomic E-state index is 0.167. The summed E-state index contributed by atoms with van der Waals surface area (Å²) in [5, 5.41) is 0. The van der Waals surface area contributed by atoms with Crippen LogP contribution in [0.3, 0.4) is 0 Å². The highest BCUT2D eigenvalue weighted by atomic mass is 19.1. The number of nitrogens with zero attached hydrogens (tertiary/aromatic N) is 3. The summed E-state index contributed by atoms with van der Waals surface area (Å²) in [6.45, 7) is 10.0. The van der Waals surface area contributed by atoms with Crippen molar-refractivity contribution in [3.63, 3.8) is 0 Å². The normalized spacial score (nSPS) is 15.7. The molecule has 0 bridgehead atoms. The van der Waals surface area contributed by atoms with Crippen molar-refractivity contribution in [3.8, 4) is 16.9 Å². The third-order valence-electron chi connectivity index (χ3n) is 7.50. The number of amides is 1. The number of piperazine rings is 1. The molecule has 188 valence electrons. The van der Waals surface area contributed by atoms with Crippen molar-refractivity contribution in [2.24, 2.45) is 0 Å². The Kier molecular flexibility index (Phi) is 7.35. The Labute approximate surface area is 213 Å². The molecule has 5 nitrogen and oxygen atoms in total. The molecule has 1 amide bonds. The predicted octanol–water partition coefficient (Wildman–Crippen LogP) is 5.07. The molecule has 1 aliphatic heterocycles. The average Bonchev–Trinajstić information content (AvgIpc) is 3.26. The zero-order chi connectivity index (χ0) is 25.1. The van der Waals surface area contributed by atoms with Gasteiger partial charge in [-0.1, -0.05) is 62.4 Å². The summed E-state index contributed by atoms with van der Waals surface area (Å²) in [4.78, 5) is 20.0. The summed E-state index contributed by atoms with van der Waals surface area (Å²) in [6, 6.07) is 21.6. The molecule has 1 saturated heterocycles. The van der Waals surface area contributed by atoms with Crippen molar-refractivity contribution >= 4 is 5.91 Å². The fraction of sp³-hybridized carbons (Fsp3) is 0.367. The molecule has 5 rings (SSSR count). The van der Waals surface area contributed by atoms with Crippen molar-refractivity contribution in [3.05, 3.63) is 89.2 Å². The molecule has 6 heteroatoms. The van der Waals surface area contributed by atoms with E-state index in [0.29, 0.717) is 31.0 Å². The van der Waals surface area contributed by atoms with Gasteiger partial charge in [0.05, 0.1) is 11.6 Å². The third kappa shape index (κ3) is 4.75. The molecule has 0 spiro atoms. The Bertz CT molecular complexity index is 1170. The van der Waals surface area contributed by atoms with Crippen molar-refractivity contribution in [1.29, 1.82) is 0 Å². The van der Waals surface area contributed by atoms with Crippen LogP contribution in [0.25, 0.3) is 11.1 Å². The number of carbonyl (C=O) groups excluding carboxylic acids is 1. The molecule has 0 atom stereocenters. The van der Waals surface area contributed by atoms with Crippen molar-refractivity contribution in [2.75, 3.05) is 52.4 Å². The van der Waals surface area contributed by atoms with Gasteiger partial charge < -0.3 is 14.5 Å². The summed E-state index contributed by atoms with van der Waals surface area (Å²) >= 11 is 0. The zero-order valence-corrected chi connectivity index (χ0v) is 21.1. The molecule has 1 aliphatic carbocycles. The molecule has 0 unspecified atom stereocenters. The lowest BCUT2D eigenvalue weighted by Gasteiger charge is -2.39. The number of rotatable bonds is 8. The summed E-state index contributed by atoms with van der Waals surface area (Å²) in [6.07, 6.45) is 0. The van der Waals surface area contributed by atoms with E-state index >= 15 is 0 Å². The summed E-state index contributed by atoms with van der Waals surface area (Å²) in [5.41, 5.74) is 5.55. The quantitative estimate of drug-likeness (QED) is 0.444. The Hall–Kier alpha value is -3.22. The summed E-state index contributed by atoms with van der Waals surface area (Å²) in [7, 11) is 0. The minimum Gasteiger partial charge on any atom is -0.491 e. The summed E-state index contributed by atoms with van der Waals surface area (Å²) in [5.74, 6) is -0.138. The van der Waals surface area contributed by atoms with Crippen molar-refractivity contribution in [2.45, 2.75) is 19.9 Å². The van der Waals surface area contributed by atoms with Gasteiger partial charge >= 0.3 is 0 Å². The van der Waals surface area contributed by atoms with E-state index in [2.05, 4.69) is 72.2 Å². The van der Waals surface area contributed by atoms with Crippen LogP contribution in [0.5, 0.6) is 5.75 Å². The fourth-order valence-electron chi connectivity index (χ4n) is 5.50. The van der Waals surface area contributed by atoms with Gasteiger partial charge in [0.1, 0.15) is 18.2 Å². The van der Waals surface area contributed by atoms with Crippen LogP contribution in [-0.4, -0.2) is 73.0 Å². The Balaban J connectivity index is 1.28. The molecule has 2 aliphatic rings. The molecule has 36 heavy (non-hydrogen) atoms. The molecule has 1 fully saturated rings. The second kappa shape index (κ2) is 10.8. The Morgan fingerprint density at radius 2 is 1.53 bits per heavy atom. The minimum atomic E-state index is -0.424. The van der Waals surface area contributed by atoms with Gasteiger partial charge in [-0.3, -0.25) is 9.69 Å². The fourth-order valence-corrected chi connectivity index (χ4v) is 5.50. The van der Waals surface area contributed by atoms with Gasteiger partial charge in [0.25, 0.3) is 5.91 Å². The molecule has 0 saturated carbocycles. The lowest BCUT2D eigenvalue weighted by Crippen LogP contribution is -2.49. The van der Waals surface area contributed by atoms with Gasteiger partial charge in [0.2, 0.25) is 0 Å². The number of ether oxygens (including phenoxy) is 1. The number of carbonyl (C=O) groups is 1. The van der Waals surface area contributed by atoms with E-state index in [1.54, 1.807) is 6.07 Å². The first-order valence-corrected chi connectivity index (χ1v) is 13.0. The SMILES string of the molecule is CCN(CC)CCOc1ccc(F)cc1C(=O)N1CCN(C2c3ccccc3-c3ccccc32)CC1. The van der Waals surface area contributed by atoms with Gasteiger partial charge in [0.15, 0.2) is 0 Å². The second-order valence-electron chi connectivity index (χ2n) is 9.42. The van der Waals surface area contributed by atoms with Crippen LogP contribution < -0.4 is 4.74 Å². The van der Waals surface area contributed by atoms with Crippen LogP contribution >= 0.6 is 0 Å². The molecule has 0 radical (unpaired) electrons. The lowest BCUT2D eigenvalue weighted by atomic mass is 10.0. The molecule has 3 aromatic rings. The predicted molar refractivity (Wildman–Crippen MR) is 141 cm³/mol. The molecule has 0 N–H and O–H groups in total. The average molecular weight is 488 g/mol. The molecule has 1 heterocycles. The van der Waals surface area contributed by atoms with E-state index in [0.717, 1.165) is 32.7 Å². The van der Waals surface area contributed by atoms with E-state index in [9.17, 15) is 9.18 Å². The van der Waals surface area contributed by atoms with E-state index in [1.807, 2.05) is 4.90 Å². The first-order valence-electron chi connectivity index (χ1n) is 13.0. The largest absolute Gasteiger partial charge is 0.491 e. The summed E-state index contributed by atoms with van der Waals surface area (Å²) < 4.78 is 20.1. The first-order chi connectivity index (χ1) is 17.6. The Morgan fingerprint density at radius 1 is 0.917 bits per heavy atom.